The lowest BCUT2D eigenvalue weighted by molar-refractivity contribution is -0.117. The van der Waals surface area contributed by atoms with Crippen LogP contribution in [0.4, 0.5) is 0 Å². The quantitative estimate of drug-likeness (QED) is 0.793. The molecule has 2 N–H and O–H groups in total. The number of hydrogen-bond donors (Lipinski definition) is 1. The zero-order valence-corrected chi connectivity index (χ0v) is 11.1. The molecule has 2 aromatic heterocycles. The van der Waals surface area contributed by atoms with Crippen molar-refractivity contribution in [3.63, 3.8) is 0 Å². The molecule has 96 valence electrons. The number of aromatic nitrogens is 4. The van der Waals surface area contributed by atoms with Gasteiger partial charge in [0.2, 0.25) is 10.9 Å². The van der Waals surface area contributed by atoms with Crippen molar-refractivity contribution >= 4 is 33.8 Å². The third-order valence-electron chi connectivity index (χ3n) is 2.55. The third kappa shape index (κ3) is 2.29. The Kier molecular flexibility index (Phi) is 2.92. The molecule has 0 spiro atoms. The standard InChI is InChI=1S/C11H8ClN5OS/c12-8-3-7(2-1-6(8)4-9(13)18)10-16-17-5-14-15-11(17)19-10/h1-3,5H,4H2,(H2,13,18). The van der Waals surface area contributed by atoms with Crippen molar-refractivity contribution in [3.05, 3.63) is 35.1 Å². The SMILES string of the molecule is NC(=O)Cc1ccc(-c2nn3cnnc3s2)cc1Cl. The molecule has 19 heavy (non-hydrogen) atoms. The van der Waals surface area contributed by atoms with Gasteiger partial charge >= 0.3 is 0 Å². The summed E-state index contributed by atoms with van der Waals surface area (Å²) in [5.74, 6) is -0.409. The Morgan fingerprint density at radius 1 is 1.47 bits per heavy atom. The van der Waals surface area contributed by atoms with E-state index < -0.39 is 5.91 Å². The lowest BCUT2D eigenvalue weighted by atomic mass is 10.1. The Labute approximate surface area is 116 Å². The van der Waals surface area contributed by atoms with Gasteiger partial charge in [-0.2, -0.15) is 9.61 Å². The largest absolute Gasteiger partial charge is 0.369 e. The number of nitrogens with two attached hydrogens (primary N) is 1. The Hall–Kier alpha value is -1.99. The van der Waals surface area contributed by atoms with E-state index in [0.29, 0.717) is 15.5 Å². The van der Waals surface area contributed by atoms with E-state index in [1.54, 1.807) is 23.0 Å². The first-order valence-electron chi connectivity index (χ1n) is 5.37. The molecular formula is C11H8ClN5OS. The molecule has 0 bridgehead atoms. The van der Waals surface area contributed by atoms with Gasteiger partial charge in [0.1, 0.15) is 11.3 Å². The van der Waals surface area contributed by atoms with Crippen molar-refractivity contribution in [2.24, 2.45) is 5.73 Å². The van der Waals surface area contributed by atoms with Gasteiger partial charge < -0.3 is 5.73 Å². The van der Waals surface area contributed by atoms with Gasteiger partial charge in [-0.05, 0) is 11.6 Å². The number of halogens is 1. The van der Waals surface area contributed by atoms with E-state index in [-0.39, 0.29) is 6.42 Å². The first-order chi connectivity index (χ1) is 9.13. The summed E-state index contributed by atoms with van der Waals surface area (Å²) in [5.41, 5.74) is 6.73. The summed E-state index contributed by atoms with van der Waals surface area (Å²) in [6.07, 6.45) is 1.67. The van der Waals surface area contributed by atoms with Crippen LogP contribution in [0.2, 0.25) is 5.02 Å². The Morgan fingerprint density at radius 3 is 3.00 bits per heavy atom. The minimum absolute atomic E-state index is 0.129. The van der Waals surface area contributed by atoms with Crippen LogP contribution in [0, 0.1) is 0 Å². The predicted molar refractivity (Wildman–Crippen MR) is 72.0 cm³/mol. The van der Waals surface area contributed by atoms with Gasteiger partial charge in [0.15, 0.2) is 0 Å². The van der Waals surface area contributed by atoms with Crippen molar-refractivity contribution in [2.75, 3.05) is 0 Å². The molecule has 0 unspecified atom stereocenters. The molecule has 3 rings (SSSR count). The highest BCUT2D eigenvalue weighted by Gasteiger charge is 2.10. The summed E-state index contributed by atoms with van der Waals surface area (Å²) >= 11 is 7.54. The fraction of sp³-hybridized carbons (Fsp3) is 0.0909. The molecule has 0 saturated heterocycles. The van der Waals surface area contributed by atoms with Crippen LogP contribution < -0.4 is 5.73 Å². The van der Waals surface area contributed by atoms with Crippen molar-refractivity contribution < 1.29 is 4.79 Å². The number of hydrogen-bond acceptors (Lipinski definition) is 5. The van der Waals surface area contributed by atoms with Crippen molar-refractivity contribution in [1.29, 1.82) is 0 Å². The molecule has 0 aliphatic carbocycles. The number of carbonyl (C=O) groups excluding carboxylic acids is 1. The van der Waals surface area contributed by atoms with Gasteiger partial charge in [-0.3, -0.25) is 4.79 Å². The fourth-order valence-corrected chi connectivity index (χ4v) is 2.75. The number of primary amides is 1. The minimum atomic E-state index is -0.409. The molecule has 0 saturated carbocycles. The summed E-state index contributed by atoms with van der Waals surface area (Å²) in [7, 11) is 0. The van der Waals surface area contributed by atoms with Gasteiger partial charge in [-0.1, -0.05) is 35.1 Å². The second-order valence-corrected chi connectivity index (χ2v) is 5.28. The average Bonchev–Trinajstić information content (AvgIpc) is 2.91. The highest BCUT2D eigenvalue weighted by atomic mass is 35.5. The highest BCUT2D eigenvalue weighted by molar-refractivity contribution is 7.19. The summed E-state index contributed by atoms with van der Waals surface area (Å²) < 4.78 is 1.60. The first kappa shape index (κ1) is 12.1. The minimum Gasteiger partial charge on any atom is -0.369 e. The van der Waals surface area contributed by atoms with Crippen LogP contribution in [0.3, 0.4) is 0 Å². The summed E-state index contributed by atoms with van der Waals surface area (Å²) in [4.78, 5) is 11.6. The smallest absolute Gasteiger partial charge is 0.234 e. The van der Waals surface area contributed by atoms with Gasteiger partial charge in [-0.15, -0.1) is 10.2 Å². The second kappa shape index (κ2) is 4.60. The molecule has 0 aliphatic heterocycles. The summed E-state index contributed by atoms with van der Waals surface area (Å²) in [5, 5.41) is 13.3. The van der Waals surface area contributed by atoms with E-state index in [2.05, 4.69) is 15.3 Å². The number of nitrogens with zero attached hydrogens (tertiary/aromatic N) is 4. The van der Waals surface area contributed by atoms with E-state index in [1.165, 1.54) is 11.3 Å². The number of fused-ring (bicyclic) bond motifs is 1. The number of benzene rings is 1. The van der Waals surface area contributed by atoms with Crippen LogP contribution in [0.15, 0.2) is 24.5 Å². The molecule has 1 amide bonds. The molecule has 0 radical (unpaired) electrons. The van der Waals surface area contributed by atoms with Crippen LogP contribution in [-0.2, 0) is 11.2 Å². The normalized spacial score (nSPS) is 11.0. The molecule has 6 nitrogen and oxygen atoms in total. The zero-order valence-electron chi connectivity index (χ0n) is 9.58. The van der Waals surface area contributed by atoms with Crippen LogP contribution in [0.1, 0.15) is 5.56 Å². The van der Waals surface area contributed by atoms with Crippen LogP contribution >= 0.6 is 22.9 Å². The lowest BCUT2D eigenvalue weighted by Gasteiger charge is -2.03. The first-order valence-corrected chi connectivity index (χ1v) is 6.57. The summed E-state index contributed by atoms with van der Waals surface area (Å²) in [6.45, 7) is 0. The van der Waals surface area contributed by atoms with Crippen LogP contribution in [-0.4, -0.2) is 25.7 Å². The van der Waals surface area contributed by atoms with Crippen LogP contribution in [0.25, 0.3) is 15.5 Å². The molecule has 0 fully saturated rings. The predicted octanol–water partition coefficient (Wildman–Crippen LogP) is 1.53. The second-order valence-electron chi connectivity index (χ2n) is 3.91. The molecule has 2 heterocycles. The Morgan fingerprint density at radius 2 is 2.32 bits per heavy atom. The number of carbonyl (C=O) groups is 1. The number of rotatable bonds is 3. The van der Waals surface area contributed by atoms with E-state index >= 15 is 0 Å². The van der Waals surface area contributed by atoms with E-state index in [9.17, 15) is 4.79 Å². The molecule has 8 heteroatoms. The maximum Gasteiger partial charge on any atom is 0.234 e. The molecular weight excluding hydrogens is 286 g/mol. The Balaban J connectivity index is 1.99. The van der Waals surface area contributed by atoms with E-state index in [4.69, 9.17) is 17.3 Å². The van der Waals surface area contributed by atoms with Gasteiger partial charge in [-0.25, -0.2) is 0 Å². The zero-order chi connectivity index (χ0) is 13.4. The molecule has 3 aromatic rings. The van der Waals surface area contributed by atoms with Gasteiger partial charge in [0.05, 0.1) is 6.42 Å². The third-order valence-corrected chi connectivity index (χ3v) is 3.87. The van der Waals surface area contributed by atoms with Gasteiger partial charge in [0, 0.05) is 10.6 Å². The Bertz CT molecular complexity index is 737. The topological polar surface area (TPSA) is 86.2 Å². The summed E-state index contributed by atoms with van der Waals surface area (Å²) in [6, 6.07) is 5.41. The van der Waals surface area contributed by atoms with Crippen molar-refractivity contribution in [3.8, 4) is 10.6 Å². The van der Waals surface area contributed by atoms with E-state index in [0.717, 1.165) is 10.6 Å². The van der Waals surface area contributed by atoms with Crippen LogP contribution in [0.5, 0.6) is 0 Å². The molecule has 0 aliphatic rings. The lowest BCUT2D eigenvalue weighted by Crippen LogP contribution is -2.13. The fourth-order valence-electron chi connectivity index (χ4n) is 1.69. The maximum atomic E-state index is 10.9. The average molecular weight is 294 g/mol. The maximum absolute atomic E-state index is 10.9. The van der Waals surface area contributed by atoms with Crippen molar-refractivity contribution in [1.82, 2.24) is 19.8 Å². The number of amides is 1. The molecule has 0 atom stereocenters. The van der Waals surface area contributed by atoms with Gasteiger partial charge in [0.25, 0.3) is 0 Å². The molecule has 1 aromatic carbocycles. The highest BCUT2D eigenvalue weighted by Crippen LogP contribution is 2.28. The monoisotopic (exact) mass is 293 g/mol. The van der Waals surface area contributed by atoms with E-state index in [1.807, 2.05) is 6.07 Å². The van der Waals surface area contributed by atoms with Crippen molar-refractivity contribution in [2.45, 2.75) is 6.42 Å².